The van der Waals surface area contributed by atoms with Crippen molar-refractivity contribution in [2.24, 2.45) is 0 Å². The number of hydrogen-bond acceptors (Lipinski definition) is 6. The Kier molecular flexibility index (Phi) is 6.40. The zero-order valence-corrected chi connectivity index (χ0v) is 14.5. The highest BCUT2D eigenvalue weighted by Crippen LogP contribution is 2.20. The van der Waals surface area contributed by atoms with Gasteiger partial charge in [0.15, 0.2) is 0 Å². The molecular weight excluding hydrogens is 310 g/mol. The first kappa shape index (κ1) is 18.0. The molecule has 0 aromatic carbocycles. The number of pyridine rings is 1. The first-order valence-electron chi connectivity index (χ1n) is 8.29. The maximum atomic E-state index is 12.0. The van der Waals surface area contributed by atoms with Crippen LogP contribution in [0.4, 0.5) is 10.5 Å². The maximum absolute atomic E-state index is 12.0. The Bertz CT molecular complexity index is 561. The van der Waals surface area contributed by atoms with Crippen LogP contribution >= 0.6 is 0 Å². The van der Waals surface area contributed by atoms with Gasteiger partial charge in [0.05, 0.1) is 25.6 Å². The highest BCUT2D eigenvalue weighted by Gasteiger charge is 2.28. The quantitative estimate of drug-likeness (QED) is 0.607. The molecule has 0 bridgehead atoms. The van der Waals surface area contributed by atoms with Gasteiger partial charge in [-0.2, -0.15) is 0 Å². The van der Waals surface area contributed by atoms with Gasteiger partial charge in [-0.1, -0.05) is 13.3 Å². The minimum atomic E-state index is -0.450. The van der Waals surface area contributed by atoms with E-state index < -0.39 is 5.97 Å². The van der Waals surface area contributed by atoms with Crippen molar-refractivity contribution in [1.82, 2.24) is 9.88 Å². The van der Waals surface area contributed by atoms with Crippen LogP contribution in [-0.2, 0) is 9.47 Å². The number of rotatable bonds is 5. The minimum Gasteiger partial charge on any atom is -0.464 e. The highest BCUT2D eigenvalue weighted by molar-refractivity contribution is 5.87. The Hall–Kier alpha value is -2.31. The van der Waals surface area contributed by atoms with E-state index in [1.807, 2.05) is 6.07 Å². The third kappa shape index (κ3) is 4.37. The number of amides is 1. The lowest BCUT2D eigenvalue weighted by Gasteiger charge is -2.40. The summed E-state index contributed by atoms with van der Waals surface area (Å²) < 4.78 is 9.92. The summed E-state index contributed by atoms with van der Waals surface area (Å²) in [7, 11) is 1.33. The van der Waals surface area contributed by atoms with Crippen LogP contribution < -0.4 is 4.90 Å². The average Bonchev–Trinajstić information content (AvgIpc) is 2.61. The Morgan fingerprint density at radius 1 is 1.33 bits per heavy atom. The van der Waals surface area contributed by atoms with Crippen molar-refractivity contribution in [3.05, 3.63) is 24.0 Å². The van der Waals surface area contributed by atoms with E-state index in [1.165, 1.54) is 7.11 Å². The molecule has 1 aliphatic heterocycles. The molecule has 2 rings (SSSR count). The molecule has 1 atom stereocenters. The number of esters is 1. The molecule has 1 saturated heterocycles. The predicted octanol–water partition coefficient (Wildman–Crippen LogP) is 2.32. The summed E-state index contributed by atoms with van der Waals surface area (Å²) in [6.07, 6.45) is 3.32. The fraction of sp³-hybridized carbons (Fsp3) is 0.588. The summed E-state index contributed by atoms with van der Waals surface area (Å²) in [4.78, 5) is 31.5. The van der Waals surface area contributed by atoms with Crippen LogP contribution in [0.15, 0.2) is 18.3 Å². The van der Waals surface area contributed by atoms with Gasteiger partial charge in [-0.3, -0.25) is 0 Å². The second kappa shape index (κ2) is 8.52. The summed E-state index contributed by atoms with van der Waals surface area (Å²) in [5, 5.41) is 0. The predicted molar refractivity (Wildman–Crippen MR) is 90.2 cm³/mol. The van der Waals surface area contributed by atoms with Crippen molar-refractivity contribution >= 4 is 17.7 Å². The van der Waals surface area contributed by atoms with E-state index in [0.29, 0.717) is 26.2 Å². The molecule has 0 radical (unpaired) electrons. The van der Waals surface area contributed by atoms with E-state index in [4.69, 9.17) is 4.74 Å². The average molecular weight is 335 g/mol. The minimum absolute atomic E-state index is 0.142. The highest BCUT2D eigenvalue weighted by atomic mass is 16.6. The normalized spacial score (nSPS) is 17.5. The standard InChI is InChI=1S/C17H25N3O4/c1-4-5-10-24-17(22)19-8-9-20(13(2)12-19)14-6-7-15(18-11-14)16(21)23-3/h6-7,11,13H,4-5,8-10,12H2,1-3H3/t13-/m1/s1. The van der Waals surface area contributed by atoms with Crippen molar-refractivity contribution in [3.8, 4) is 0 Å². The number of piperazine rings is 1. The van der Waals surface area contributed by atoms with Crippen LogP contribution in [0.25, 0.3) is 0 Å². The molecular formula is C17H25N3O4. The first-order chi connectivity index (χ1) is 11.6. The van der Waals surface area contributed by atoms with Crippen molar-refractivity contribution in [3.63, 3.8) is 0 Å². The summed E-state index contributed by atoms with van der Waals surface area (Å²) in [5.74, 6) is -0.450. The van der Waals surface area contributed by atoms with Crippen molar-refractivity contribution in [2.75, 3.05) is 38.3 Å². The van der Waals surface area contributed by atoms with Gasteiger partial charge < -0.3 is 19.3 Å². The molecule has 0 spiro atoms. The molecule has 7 nitrogen and oxygen atoms in total. The van der Waals surface area contributed by atoms with E-state index in [1.54, 1.807) is 17.2 Å². The number of anilines is 1. The molecule has 132 valence electrons. The number of carbonyl (C=O) groups is 2. The fourth-order valence-corrected chi connectivity index (χ4v) is 2.68. The summed E-state index contributed by atoms with van der Waals surface area (Å²) >= 11 is 0. The summed E-state index contributed by atoms with van der Waals surface area (Å²) in [6.45, 7) is 6.50. The number of aromatic nitrogens is 1. The van der Waals surface area contributed by atoms with E-state index in [-0.39, 0.29) is 17.8 Å². The third-order valence-corrected chi connectivity index (χ3v) is 4.08. The van der Waals surface area contributed by atoms with Gasteiger partial charge in [-0.15, -0.1) is 0 Å². The molecule has 0 saturated carbocycles. The molecule has 0 N–H and O–H groups in total. The number of unbranched alkanes of at least 4 members (excludes halogenated alkanes) is 1. The van der Waals surface area contributed by atoms with Gasteiger partial charge in [0.1, 0.15) is 5.69 Å². The van der Waals surface area contributed by atoms with E-state index in [2.05, 4.69) is 28.5 Å². The van der Waals surface area contributed by atoms with Crippen LogP contribution in [0.5, 0.6) is 0 Å². The Morgan fingerprint density at radius 3 is 2.71 bits per heavy atom. The first-order valence-corrected chi connectivity index (χ1v) is 8.29. The van der Waals surface area contributed by atoms with Gasteiger partial charge in [-0.05, 0) is 25.5 Å². The Morgan fingerprint density at radius 2 is 2.12 bits per heavy atom. The molecule has 1 aromatic heterocycles. The lowest BCUT2D eigenvalue weighted by atomic mass is 10.1. The van der Waals surface area contributed by atoms with Crippen LogP contribution in [-0.4, -0.2) is 61.3 Å². The molecule has 24 heavy (non-hydrogen) atoms. The summed E-state index contributed by atoms with van der Waals surface area (Å²) in [6, 6.07) is 3.65. The van der Waals surface area contributed by atoms with E-state index in [9.17, 15) is 9.59 Å². The number of carbonyl (C=O) groups excluding carboxylic acids is 2. The molecule has 1 aliphatic rings. The molecule has 1 amide bonds. The van der Waals surface area contributed by atoms with Gasteiger partial charge >= 0.3 is 12.1 Å². The van der Waals surface area contributed by atoms with Crippen LogP contribution in [0, 0.1) is 0 Å². The number of methoxy groups -OCH3 is 1. The molecule has 2 heterocycles. The zero-order valence-electron chi connectivity index (χ0n) is 14.5. The smallest absolute Gasteiger partial charge is 0.409 e. The Labute approximate surface area is 142 Å². The van der Waals surface area contributed by atoms with Crippen molar-refractivity contribution < 1.29 is 19.1 Å². The second-order valence-electron chi connectivity index (χ2n) is 5.85. The van der Waals surface area contributed by atoms with Gasteiger partial charge in [0.2, 0.25) is 0 Å². The van der Waals surface area contributed by atoms with Crippen molar-refractivity contribution in [1.29, 1.82) is 0 Å². The Balaban J connectivity index is 1.93. The molecule has 0 unspecified atom stereocenters. The summed E-state index contributed by atoms with van der Waals surface area (Å²) in [5.41, 5.74) is 1.21. The van der Waals surface area contributed by atoms with E-state index in [0.717, 1.165) is 18.5 Å². The fourth-order valence-electron chi connectivity index (χ4n) is 2.68. The van der Waals surface area contributed by atoms with Crippen LogP contribution in [0.3, 0.4) is 0 Å². The van der Waals surface area contributed by atoms with Gasteiger partial charge in [0, 0.05) is 25.7 Å². The number of nitrogens with zero attached hydrogens (tertiary/aromatic N) is 3. The topological polar surface area (TPSA) is 72.0 Å². The maximum Gasteiger partial charge on any atom is 0.409 e. The monoisotopic (exact) mass is 335 g/mol. The van der Waals surface area contributed by atoms with Gasteiger partial charge in [0.25, 0.3) is 0 Å². The number of ether oxygens (including phenoxy) is 2. The molecule has 1 aromatic rings. The molecule has 7 heteroatoms. The molecule has 1 fully saturated rings. The SMILES string of the molecule is CCCCOC(=O)N1CCN(c2ccc(C(=O)OC)nc2)[C@H](C)C1. The third-order valence-electron chi connectivity index (χ3n) is 4.08. The number of hydrogen-bond donors (Lipinski definition) is 0. The van der Waals surface area contributed by atoms with Crippen LogP contribution in [0.1, 0.15) is 37.2 Å². The van der Waals surface area contributed by atoms with Crippen LogP contribution in [0.2, 0.25) is 0 Å². The lowest BCUT2D eigenvalue weighted by molar-refractivity contribution is 0.0594. The van der Waals surface area contributed by atoms with E-state index >= 15 is 0 Å². The molecule has 0 aliphatic carbocycles. The largest absolute Gasteiger partial charge is 0.464 e. The zero-order chi connectivity index (χ0) is 17.5. The van der Waals surface area contributed by atoms with Gasteiger partial charge in [-0.25, -0.2) is 14.6 Å². The second-order valence-corrected chi connectivity index (χ2v) is 5.85. The van der Waals surface area contributed by atoms with Crippen molar-refractivity contribution in [2.45, 2.75) is 32.7 Å². The lowest BCUT2D eigenvalue weighted by Crippen LogP contribution is -2.54.